The summed E-state index contributed by atoms with van der Waals surface area (Å²) in [7, 11) is 0. The number of thiophene rings is 2. The molecule has 0 unspecified atom stereocenters. The molecule has 4 nitrogen and oxygen atoms in total. The summed E-state index contributed by atoms with van der Waals surface area (Å²) in [5.74, 6) is -2.61. The summed E-state index contributed by atoms with van der Waals surface area (Å²) in [6.45, 7) is 0. The fraction of sp³-hybridized carbons (Fsp3) is 0. The Kier molecular flexibility index (Phi) is 2.76. The van der Waals surface area contributed by atoms with Crippen molar-refractivity contribution >= 4 is 34.6 Å². The second-order valence-corrected chi connectivity index (χ2v) is 4.73. The molecule has 0 aromatic carbocycles. The van der Waals surface area contributed by atoms with Crippen molar-refractivity contribution in [2.24, 2.45) is 0 Å². The summed E-state index contributed by atoms with van der Waals surface area (Å²) in [6, 6.07) is 3.12. The van der Waals surface area contributed by atoms with E-state index in [0.29, 0.717) is 11.1 Å². The summed E-state index contributed by atoms with van der Waals surface area (Å²) >= 11 is 2.01. The molecule has 0 amide bonds. The van der Waals surface area contributed by atoms with Crippen LogP contribution in [-0.2, 0) is 0 Å². The molecule has 2 aromatic heterocycles. The van der Waals surface area contributed by atoms with Gasteiger partial charge in [0.1, 0.15) is 0 Å². The van der Waals surface area contributed by atoms with Crippen LogP contribution in [0.25, 0.3) is 11.1 Å². The SMILES string of the molecule is O=C([O-])c1sccc1-c1ccsc1C(=O)[O-]. The van der Waals surface area contributed by atoms with E-state index in [-0.39, 0.29) is 9.75 Å². The maximum absolute atomic E-state index is 10.8. The maximum Gasteiger partial charge on any atom is 0.0821 e. The van der Waals surface area contributed by atoms with Crippen molar-refractivity contribution in [1.82, 2.24) is 0 Å². The lowest BCUT2D eigenvalue weighted by Crippen LogP contribution is -2.23. The first kappa shape index (κ1) is 10.8. The Hall–Kier alpha value is -1.66. The van der Waals surface area contributed by atoms with Crippen LogP contribution in [0.1, 0.15) is 19.3 Å². The van der Waals surface area contributed by atoms with E-state index < -0.39 is 11.9 Å². The average molecular weight is 252 g/mol. The van der Waals surface area contributed by atoms with Crippen LogP contribution in [0.15, 0.2) is 22.9 Å². The zero-order valence-corrected chi connectivity index (χ0v) is 9.39. The first-order chi connectivity index (χ1) is 7.61. The van der Waals surface area contributed by atoms with E-state index in [0.717, 1.165) is 22.7 Å². The van der Waals surface area contributed by atoms with Crippen molar-refractivity contribution in [3.05, 3.63) is 32.6 Å². The Labute approximate surface area is 98.4 Å². The van der Waals surface area contributed by atoms with Crippen LogP contribution in [-0.4, -0.2) is 11.9 Å². The molecule has 0 radical (unpaired) electrons. The second-order valence-electron chi connectivity index (χ2n) is 2.90. The van der Waals surface area contributed by atoms with Gasteiger partial charge >= 0.3 is 0 Å². The molecular formula is C10H4O4S2-2. The highest BCUT2D eigenvalue weighted by molar-refractivity contribution is 7.13. The van der Waals surface area contributed by atoms with Crippen LogP contribution in [0.4, 0.5) is 0 Å². The largest absolute Gasteiger partial charge is 0.544 e. The van der Waals surface area contributed by atoms with Crippen molar-refractivity contribution in [3.8, 4) is 11.1 Å². The van der Waals surface area contributed by atoms with Crippen molar-refractivity contribution in [1.29, 1.82) is 0 Å². The van der Waals surface area contributed by atoms with Gasteiger partial charge in [-0.05, 0) is 22.9 Å². The minimum Gasteiger partial charge on any atom is -0.544 e. The smallest absolute Gasteiger partial charge is 0.0821 e. The predicted octanol–water partition coefficient (Wildman–Crippen LogP) is 0.204. The van der Waals surface area contributed by atoms with E-state index in [1.807, 2.05) is 0 Å². The maximum atomic E-state index is 10.8. The molecule has 2 aromatic rings. The Morgan fingerprint density at radius 3 is 1.56 bits per heavy atom. The fourth-order valence-corrected chi connectivity index (χ4v) is 2.84. The zero-order chi connectivity index (χ0) is 11.7. The van der Waals surface area contributed by atoms with Crippen molar-refractivity contribution in [2.75, 3.05) is 0 Å². The lowest BCUT2D eigenvalue weighted by Gasteiger charge is -2.06. The Morgan fingerprint density at radius 1 is 0.875 bits per heavy atom. The molecule has 0 saturated heterocycles. The highest BCUT2D eigenvalue weighted by Gasteiger charge is 2.13. The van der Waals surface area contributed by atoms with E-state index >= 15 is 0 Å². The lowest BCUT2D eigenvalue weighted by atomic mass is 10.1. The van der Waals surface area contributed by atoms with E-state index in [4.69, 9.17) is 0 Å². The van der Waals surface area contributed by atoms with Gasteiger partial charge in [-0.2, -0.15) is 0 Å². The molecule has 0 saturated carbocycles. The van der Waals surface area contributed by atoms with Gasteiger partial charge in [-0.3, -0.25) is 0 Å². The summed E-state index contributed by atoms with van der Waals surface area (Å²) < 4.78 is 0. The van der Waals surface area contributed by atoms with E-state index in [1.165, 1.54) is 0 Å². The van der Waals surface area contributed by atoms with Gasteiger partial charge in [0.2, 0.25) is 0 Å². The Bertz CT molecular complexity index is 502. The van der Waals surface area contributed by atoms with Crippen LogP contribution >= 0.6 is 22.7 Å². The normalized spacial score (nSPS) is 10.2. The molecule has 2 rings (SSSR count). The van der Waals surface area contributed by atoms with E-state index in [2.05, 4.69) is 0 Å². The number of carboxylic acid groups (broad SMARTS) is 2. The predicted molar refractivity (Wildman–Crippen MR) is 56.3 cm³/mol. The van der Waals surface area contributed by atoms with Crippen LogP contribution in [0, 0.1) is 0 Å². The fourth-order valence-electron chi connectivity index (χ4n) is 1.36. The summed E-state index contributed by atoms with van der Waals surface area (Å²) in [6.07, 6.45) is 0. The summed E-state index contributed by atoms with van der Waals surface area (Å²) in [4.78, 5) is 21.7. The molecule has 0 bridgehead atoms. The van der Waals surface area contributed by atoms with Gasteiger partial charge in [-0.1, -0.05) is 0 Å². The third-order valence-corrected chi connectivity index (χ3v) is 3.78. The highest BCUT2D eigenvalue weighted by Crippen LogP contribution is 2.33. The molecule has 0 spiro atoms. The third kappa shape index (κ3) is 1.72. The molecule has 2 heterocycles. The molecule has 0 N–H and O–H groups in total. The molecule has 0 fully saturated rings. The number of hydrogen-bond donors (Lipinski definition) is 0. The number of hydrogen-bond acceptors (Lipinski definition) is 6. The molecule has 0 aliphatic heterocycles. The van der Waals surface area contributed by atoms with E-state index in [1.54, 1.807) is 22.9 Å². The zero-order valence-electron chi connectivity index (χ0n) is 7.76. The minimum absolute atomic E-state index is 0.0286. The number of aromatic carboxylic acids is 2. The van der Waals surface area contributed by atoms with Crippen LogP contribution in [0.3, 0.4) is 0 Å². The number of carbonyl (C=O) groups is 2. The van der Waals surface area contributed by atoms with Gasteiger partial charge in [0.05, 0.1) is 21.7 Å². The standard InChI is InChI=1S/C10H6O4S2/c11-9(12)7-5(1-3-15-7)6-2-4-16-8(6)10(13)14/h1-4H,(H,11,12)(H,13,14)/p-2. The Morgan fingerprint density at radius 2 is 1.25 bits per heavy atom. The number of carboxylic acids is 2. The Balaban J connectivity index is 2.59. The van der Waals surface area contributed by atoms with Gasteiger partial charge in [-0.15, -0.1) is 22.7 Å². The first-order valence-corrected chi connectivity index (χ1v) is 5.95. The average Bonchev–Trinajstić information content (AvgIpc) is 2.85. The molecule has 16 heavy (non-hydrogen) atoms. The molecule has 6 heteroatoms. The van der Waals surface area contributed by atoms with Crippen molar-refractivity contribution < 1.29 is 19.8 Å². The molecular weight excluding hydrogens is 248 g/mol. The topological polar surface area (TPSA) is 80.3 Å². The second kappa shape index (κ2) is 4.07. The third-order valence-electron chi connectivity index (χ3n) is 1.99. The van der Waals surface area contributed by atoms with Crippen molar-refractivity contribution in [3.63, 3.8) is 0 Å². The quantitative estimate of drug-likeness (QED) is 0.781. The number of carbonyl (C=O) groups excluding carboxylic acids is 2. The summed E-state index contributed by atoms with van der Waals surface area (Å²) in [5, 5.41) is 24.8. The summed E-state index contributed by atoms with van der Waals surface area (Å²) in [5.41, 5.74) is 0.732. The molecule has 82 valence electrons. The van der Waals surface area contributed by atoms with Crippen molar-refractivity contribution in [2.45, 2.75) is 0 Å². The molecule has 0 aliphatic carbocycles. The number of rotatable bonds is 3. The molecule has 0 atom stereocenters. The van der Waals surface area contributed by atoms with Gasteiger partial charge in [0.25, 0.3) is 0 Å². The van der Waals surface area contributed by atoms with Gasteiger partial charge in [0.15, 0.2) is 0 Å². The van der Waals surface area contributed by atoms with Crippen LogP contribution in [0.2, 0.25) is 0 Å². The lowest BCUT2D eigenvalue weighted by molar-refractivity contribution is -0.255. The van der Waals surface area contributed by atoms with Crippen LogP contribution < -0.4 is 10.2 Å². The minimum atomic E-state index is -1.31. The molecule has 0 aliphatic rings. The first-order valence-electron chi connectivity index (χ1n) is 4.19. The van der Waals surface area contributed by atoms with E-state index in [9.17, 15) is 19.8 Å². The van der Waals surface area contributed by atoms with Gasteiger partial charge in [-0.25, -0.2) is 0 Å². The van der Waals surface area contributed by atoms with Gasteiger partial charge < -0.3 is 19.8 Å². The van der Waals surface area contributed by atoms with Gasteiger partial charge in [0, 0.05) is 11.1 Å². The highest BCUT2D eigenvalue weighted by atomic mass is 32.1. The van der Waals surface area contributed by atoms with Crippen LogP contribution in [0.5, 0.6) is 0 Å². The monoisotopic (exact) mass is 252 g/mol.